The number of rotatable bonds is 4. The molecule has 1 unspecified atom stereocenters. The van der Waals surface area contributed by atoms with Crippen molar-refractivity contribution in [1.29, 1.82) is 0 Å². The zero-order chi connectivity index (χ0) is 14.0. The van der Waals surface area contributed by atoms with E-state index in [2.05, 4.69) is 15.9 Å². The van der Waals surface area contributed by atoms with Gasteiger partial charge in [-0.3, -0.25) is 0 Å². The van der Waals surface area contributed by atoms with Crippen molar-refractivity contribution in [2.24, 2.45) is 0 Å². The van der Waals surface area contributed by atoms with Crippen LogP contribution in [-0.4, -0.2) is 20.6 Å². The van der Waals surface area contributed by atoms with E-state index < -0.39 is 28.7 Å². The van der Waals surface area contributed by atoms with Gasteiger partial charge in [0.05, 0.1) is 11.3 Å². The molecule has 0 aliphatic heterocycles. The molecule has 0 bridgehead atoms. The van der Waals surface area contributed by atoms with Gasteiger partial charge in [0, 0.05) is 10.5 Å². The second-order valence-corrected chi connectivity index (χ2v) is 6.43. The minimum absolute atomic E-state index is 0.0697. The lowest BCUT2D eigenvalue weighted by Gasteiger charge is -2.15. The van der Waals surface area contributed by atoms with Gasteiger partial charge in [0.15, 0.2) is 0 Å². The Labute approximate surface area is 112 Å². The first-order valence-electron chi connectivity index (χ1n) is 4.95. The molecule has 3 nitrogen and oxygen atoms in total. The second kappa shape index (κ2) is 5.58. The summed E-state index contributed by atoms with van der Waals surface area (Å²) in [4.78, 5) is -0.0697. The fourth-order valence-corrected chi connectivity index (χ4v) is 2.84. The van der Waals surface area contributed by atoms with Crippen LogP contribution in [0.15, 0.2) is 33.6 Å². The van der Waals surface area contributed by atoms with Crippen molar-refractivity contribution in [3.05, 3.63) is 28.7 Å². The highest BCUT2D eigenvalue weighted by atomic mass is 79.9. The highest BCUT2D eigenvalue weighted by Gasteiger charge is 2.31. The van der Waals surface area contributed by atoms with E-state index >= 15 is 0 Å². The van der Waals surface area contributed by atoms with Crippen molar-refractivity contribution < 1.29 is 21.6 Å². The summed E-state index contributed by atoms with van der Waals surface area (Å²) >= 11 is 3.14. The highest BCUT2D eigenvalue weighted by molar-refractivity contribution is 9.10. The van der Waals surface area contributed by atoms with Gasteiger partial charge >= 0.3 is 6.18 Å². The minimum atomic E-state index is -4.40. The first-order valence-corrected chi connectivity index (χ1v) is 7.22. The maximum absolute atomic E-state index is 12.1. The van der Waals surface area contributed by atoms with Gasteiger partial charge < -0.3 is 0 Å². The SMILES string of the molecule is CC(CC(F)(F)F)NS(=O)(=O)c1ccc(Br)cc1. The molecule has 0 aliphatic rings. The Balaban J connectivity index is 2.79. The van der Waals surface area contributed by atoms with Crippen LogP contribution in [0.3, 0.4) is 0 Å². The molecule has 0 saturated carbocycles. The molecule has 1 atom stereocenters. The number of benzene rings is 1. The van der Waals surface area contributed by atoms with Crippen molar-refractivity contribution in [2.45, 2.75) is 30.5 Å². The van der Waals surface area contributed by atoms with Gasteiger partial charge in [-0.1, -0.05) is 15.9 Å². The predicted octanol–water partition coefficient (Wildman–Crippen LogP) is 3.07. The van der Waals surface area contributed by atoms with Gasteiger partial charge in [-0.25, -0.2) is 13.1 Å². The van der Waals surface area contributed by atoms with Crippen molar-refractivity contribution in [3.8, 4) is 0 Å². The largest absolute Gasteiger partial charge is 0.390 e. The molecule has 8 heteroatoms. The lowest BCUT2D eigenvalue weighted by atomic mass is 10.2. The molecule has 0 spiro atoms. The molecule has 0 aromatic heterocycles. The number of nitrogens with one attached hydrogen (secondary N) is 1. The first-order chi connectivity index (χ1) is 8.10. The van der Waals surface area contributed by atoms with Crippen LogP contribution >= 0.6 is 15.9 Å². The molecule has 0 fully saturated rings. The maximum Gasteiger partial charge on any atom is 0.390 e. The summed E-state index contributed by atoms with van der Waals surface area (Å²) in [6.07, 6.45) is -5.61. The number of hydrogen-bond acceptors (Lipinski definition) is 2. The quantitative estimate of drug-likeness (QED) is 0.911. The van der Waals surface area contributed by atoms with Gasteiger partial charge in [-0.2, -0.15) is 13.2 Å². The third-order valence-electron chi connectivity index (χ3n) is 2.02. The molecular weight excluding hydrogens is 335 g/mol. The number of sulfonamides is 1. The van der Waals surface area contributed by atoms with E-state index in [-0.39, 0.29) is 4.90 Å². The molecule has 1 N–H and O–H groups in total. The van der Waals surface area contributed by atoms with Crippen molar-refractivity contribution in [2.75, 3.05) is 0 Å². The van der Waals surface area contributed by atoms with E-state index in [1.807, 2.05) is 4.72 Å². The highest BCUT2D eigenvalue weighted by Crippen LogP contribution is 2.22. The van der Waals surface area contributed by atoms with Gasteiger partial charge in [0.25, 0.3) is 0 Å². The number of halogens is 4. The monoisotopic (exact) mass is 345 g/mol. The van der Waals surface area contributed by atoms with E-state index in [1.54, 1.807) is 0 Å². The third kappa shape index (κ3) is 4.95. The van der Waals surface area contributed by atoms with Crippen LogP contribution in [0, 0.1) is 0 Å². The Morgan fingerprint density at radius 1 is 1.28 bits per heavy atom. The topological polar surface area (TPSA) is 46.2 Å². The smallest absolute Gasteiger partial charge is 0.208 e. The molecule has 1 aromatic rings. The molecule has 0 heterocycles. The van der Waals surface area contributed by atoms with Crippen molar-refractivity contribution in [3.63, 3.8) is 0 Å². The van der Waals surface area contributed by atoms with E-state index in [4.69, 9.17) is 0 Å². The summed E-state index contributed by atoms with van der Waals surface area (Å²) in [6.45, 7) is 1.17. The minimum Gasteiger partial charge on any atom is -0.208 e. The second-order valence-electron chi connectivity index (χ2n) is 3.80. The third-order valence-corrected chi connectivity index (χ3v) is 4.15. The standard InChI is InChI=1S/C10H11BrF3NO2S/c1-7(6-10(12,13)14)15-18(16,17)9-4-2-8(11)3-5-9/h2-5,7,15H,6H2,1H3. The lowest BCUT2D eigenvalue weighted by Crippen LogP contribution is -2.35. The van der Waals surface area contributed by atoms with Crippen molar-refractivity contribution in [1.82, 2.24) is 4.72 Å². The number of hydrogen-bond donors (Lipinski definition) is 1. The summed E-state index contributed by atoms with van der Waals surface area (Å²) in [5.74, 6) is 0. The van der Waals surface area contributed by atoms with E-state index in [9.17, 15) is 21.6 Å². The van der Waals surface area contributed by atoms with Crippen LogP contribution < -0.4 is 4.72 Å². The van der Waals surface area contributed by atoms with E-state index in [1.165, 1.54) is 31.2 Å². The average molecular weight is 346 g/mol. The van der Waals surface area contributed by atoms with Gasteiger partial charge in [0.2, 0.25) is 10.0 Å². The van der Waals surface area contributed by atoms with E-state index in [0.717, 1.165) is 0 Å². The Kier molecular flexibility index (Phi) is 4.79. The molecular formula is C10H11BrF3NO2S. The summed E-state index contributed by atoms with van der Waals surface area (Å²) in [6, 6.07) is 4.42. The lowest BCUT2D eigenvalue weighted by molar-refractivity contribution is -0.137. The molecule has 102 valence electrons. The Hall–Kier alpha value is -0.600. The summed E-state index contributed by atoms with van der Waals surface area (Å²) in [5.41, 5.74) is 0. The average Bonchev–Trinajstić information content (AvgIpc) is 2.13. The Morgan fingerprint density at radius 2 is 1.78 bits per heavy atom. The van der Waals surface area contributed by atoms with Crippen LogP contribution in [0.25, 0.3) is 0 Å². The van der Waals surface area contributed by atoms with E-state index in [0.29, 0.717) is 4.47 Å². The van der Waals surface area contributed by atoms with Gasteiger partial charge in [-0.05, 0) is 31.2 Å². The maximum atomic E-state index is 12.1. The Bertz CT molecular complexity index is 499. The van der Waals surface area contributed by atoms with Crippen LogP contribution in [-0.2, 0) is 10.0 Å². The predicted molar refractivity (Wildman–Crippen MR) is 64.6 cm³/mol. The zero-order valence-corrected chi connectivity index (χ0v) is 11.7. The summed E-state index contributed by atoms with van der Waals surface area (Å²) < 4.78 is 62.4. The summed E-state index contributed by atoms with van der Waals surface area (Å²) in [5, 5.41) is 0. The van der Waals surface area contributed by atoms with Crippen LogP contribution in [0.4, 0.5) is 13.2 Å². The fourth-order valence-electron chi connectivity index (χ4n) is 1.34. The Morgan fingerprint density at radius 3 is 2.22 bits per heavy atom. The molecule has 0 radical (unpaired) electrons. The summed E-state index contributed by atoms with van der Waals surface area (Å²) in [7, 11) is -3.92. The molecule has 1 rings (SSSR count). The molecule has 18 heavy (non-hydrogen) atoms. The molecule has 0 aliphatic carbocycles. The van der Waals surface area contributed by atoms with Crippen molar-refractivity contribution >= 4 is 26.0 Å². The molecule has 0 saturated heterocycles. The number of alkyl halides is 3. The zero-order valence-electron chi connectivity index (χ0n) is 9.33. The fraction of sp³-hybridized carbons (Fsp3) is 0.400. The van der Waals surface area contributed by atoms with Crippen LogP contribution in [0.1, 0.15) is 13.3 Å². The van der Waals surface area contributed by atoms with Gasteiger partial charge in [-0.15, -0.1) is 0 Å². The first kappa shape index (κ1) is 15.5. The molecule has 1 aromatic carbocycles. The normalized spacial score (nSPS) is 14.5. The van der Waals surface area contributed by atoms with Gasteiger partial charge in [0.1, 0.15) is 0 Å². The molecule has 0 amide bonds. The van der Waals surface area contributed by atoms with Crippen LogP contribution in [0.5, 0.6) is 0 Å². The van der Waals surface area contributed by atoms with Crippen LogP contribution in [0.2, 0.25) is 0 Å².